The van der Waals surface area contributed by atoms with Gasteiger partial charge in [0.05, 0.1) is 6.29 Å². The van der Waals surface area contributed by atoms with Crippen LogP contribution in [-0.2, 0) is 11.1 Å². The molecule has 82 valence electrons. The van der Waals surface area contributed by atoms with Gasteiger partial charge in [0.15, 0.2) is 0 Å². The quantitative estimate of drug-likeness (QED) is 0.667. The van der Waals surface area contributed by atoms with Crippen molar-refractivity contribution in [1.29, 1.82) is 0 Å². The van der Waals surface area contributed by atoms with E-state index in [0.717, 1.165) is 11.1 Å². The molecule has 0 aliphatic rings. The molecular formula is C10H14NO3P. The van der Waals surface area contributed by atoms with E-state index in [2.05, 4.69) is 11.9 Å². The van der Waals surface area contributed by atoms with Crippen LogP contribution in [0.2, 0.25) is 0 Å². The molecule has 0 amide bonds. The van der Waals surface area contributed by atoms with Gasteiger partial charge in [-0.3, -0.25) is 4.57 Å². The van der Waals surface area contributed by atoms with E-state index in [4.69, 9.17) is 9.79 Å². The molecule has 5 heteroatoms. The van der Waals surface area contributed by atoms with E-state index in [-0.39, 0.29) is 6.29 Å². The van der Waals surface area contributed by atoms with E-state index < -0.39 is 7.60 Å². The molecule has 0 heterocycles. The number of nitrogens with one attached hydrogen (secondary N) is 1. The number of hydrogen-bond donors (Lipinski definition) is 3. The van der Waals surface area contributed by atoms with Crippen LogP contribution in [0.5, 0.6) is 0 Å². The molecule has 0 saturated carbocycles. The summed E-state index contributed by atoms with van der Waals surface area (Å²) in [4.78, 5) is 17.2. The highest BCUT2D eigenvalue weighted by Crippen LogP contribution is 2.31. The third-order valence-electron chi connectivity index (χ3n) is 1.86. The molecule has 0 aromatic heterocycles. The van der Waals surface area contributed by atoms with Gasteiger partial charge in [-0.1, -0.05) is 36.9 Å². The molecule has 0 aliphatic carbocycles. The van der Waals surface area contributed by atoms with Crippen LogP contribution in [0.25, 0.3) is 6.08 Å². The second-order valence-corrected chi connectivity index (χ2v) is 4.84. The molecule has 0 unspecified atom stereocenters. The van der Waals surface area contributed by atoms with Crippen molar-refractivity contribution in [2.75, 3.05) is 6.29 Å². The molecule has 0 atom stereocenters. The summed E-state index contributed by atoms with van der Waals surface area (Å²) in [6.07, 6.45) is 1.45. The molecule has 1 rings (SSSR count). The first-order chi connectivity index (χ1) is 7.01. The van der Waals surface area contributed by atoms with Gasteiger partial charge in [0.1, 0.15) is 0 Å². The Hall–Kier alpha value is -0.930. The van der Waals surface area contributed by atoms with Gasteiger partial charge in [0, 0.05) is 6.54 Å². The van der Waals surface area contributed by atoms with Gasteiger partial charge in [-0.2, -0.15) is 0 Å². The van der Waals surface area contributed by atoms with Gasteiger partial charge in [-0.05, 0) is 11.1 Å². The van der Waals surface area contributed by atoms with Gasteiger partial charge < -0.3 is 15.1 Å². The number of rotatable bonds is 5. The lowest BCUT2D eigenvalue weighted by molar-refractivity contribution is 0.368. The number of benzene rings is 1. The van der Waals surface area contributed by atoms with Crippen molar-refractivity contribution in [3.8, 4) is 0 Å². The molecular weight excluding hydrogens is 213 g/mol. The van der Waals surface area contributed by atoms with Gasteiger partial charge in [-0.15, -0.1) is 0 Å². The van der Waals surface area contributed by atoms with Crippen molar-refractivity contribution in [2.24, 2.45) is 0 Å². The molecule has 15 heavy (non-hydrogen) atoms. The average Bonchev–Trinajstić information content (AvgIpc) is 2.17. The van der Waals surface area contributed by atoms with Gasteiger partial charge in [0.25, 0.3) is 0 Å². The normalized spacial score (nSPS) is 11.3. The first-order valence-electron chi connectivity index (χ1n) is 4.48. The van der Waals surface area contributed by atoms with Crippen molar-refractivity contribution in [3.05, 3.63) is 42.0 Å². The minimum Gasteiger partial charge on any atom is -0.324 e. The van der Waals surface area contributed by atoms with Crippen LogP contribution >= 0.6 is 7.60 Å². The Morgan fingerprint density at radius 1 is 1.33 bits per heavy atom. The monoisotopic (exact) mass is 227 g/mol. The fourth-order valence-electron chi connectivity index (χ4n) is 1.12. The van der Waals surface area contributed by atoms with Gasteiger partial charge in [0.2, 0.25) is 0 Å². The van der Waals surface area contributed by atoms with Crippen LogP contribution in [-0.4, -0.2) is 16.1 Å². The molecule has 0 aliphatic heterocycles. The van der Waals surface area contributed by atoms with Crippen LogP contribution in [0.3, 0.4) is 0 Å². The fraction of sp³-hybridized carbons (Fsp3) is 0.200. The van der Waals surface area contributed by atoms with Crippen LogP contribution in [0.4, 0.5) is 0 Å². The van der Waals surface area contributed by atoms with Gasteiger partial charge >= 0.3 is 7.60 Å². The zero-order valence-corrected chi connectivity index (χ0v) is 9.15. The zero-order chi connectivity index (χ0) is 11.3. The largest absolute Gasteiger partial charge is 0.339 e. The molecule has 0 spiro atoms. The molecule has 4 nitrogen and oxygen atoms in total. The Labute approximate surface area is 88.8 Å². The lowest BCUT2D eigenvalue weighted by Gasteiger charge is -2.06. The molecule has 1 aromatic carbocycles. The third-order valence-corrected chi connectivity index (χ3v) is 2.50. The Morgan fingerprint density at radius 3 is 2.40 bits per heavy atom. The van der Waals surface area contributed by atoms with Crippen molar-refractivity contribution in [3.63, 3.8) is 0 Å². The van der Waals surface area contributed by atoms with E-state index in [0.29, 0.717) is 6.54 Å². The lowest BCUT2D eigenvalue weighted by Crippen LogP contribution is -2.14. The second kappa shape index (κ2) is 5.24. The summed E-state index contributed by atoms with van der Waals surface area (Å²) < 4.78 is 10.5. The predicted octanol–water partition coefficient (Wildman–Crippen LogP) is 1.55. The van der Waals surface area contributed by atoms with Crippen LogP contribution in [0, 0.1) is 0 Å². The summed E-state index contributed by atoms with van der Waals surface area (Å²) in [7, 11) is -3.95. The van der Waals surface area contributed by atoms with Crippen molar-refractivity contribution < 1.29 is 14.4 Å². The summed E-state index contributed by atoms with van der Waals surface area (Å²) in [6.45, 7) is 4.08. The summed E-state index contributed by atoms with van der Waals surface area (Å²) >= 11 is 0. The average molecular weight is 227 g/mol. The Kier molecular flexibility index (Phi) is 4.24. The summed E-state index contributed by atoms with van der Waals surface area (Å²) in [6, 6.07) is 7.59. The second-order valence-electron chi connectivity index (χ2n) is 3.20. The van der Waals surface area contributed by atoms with E-state index in [1.54, 1.807) is 6.08 Å². The predicted molar refractivity (Wildman–Crippen MR) is 60.3 cm³/mol. The first kappa shape index (κ1) is 12.1. The van der Waals surface area contributed by atoms with Gasteiger partial charge in [-0.25, -0.2) is 0 Å². The topological polar surface area (TPSA) is 69.6 Å². The highest BCUT2D eigenvalue weighted by Gasteiger charge is 2.10. The SMILES string of the molecule is C=Cc1ccc(CNCP(=O)(O)O)cc1. The molecule has 3 N–H and O–H groups in total. The third kappa shape index (κ3) is 4.91. The van der Waals surface area contributed by atoms with Crippen molar-refractivity contribution in [1.82, 2.24) is 5.32 Å². The lowest BCUT2D eigenvalue weighted by atomic mass is 10.1. The van der Waals surface area contributed by atoms with E-state index in [1.807, 2.05) is 24.3 Å². The Bertz CT molecular complexity index is 369. The standard InChI is InChI=1S/C10H14NO3P/c1-2-9-3-5-10(6-4-9)7-11-8-15(12,13)14/h2-6,11H,1,7-8H2,(H2,12,13,14). The Balaban J connectivity index is 2.44. The highest BCUT2D eigenvalue weighted by molar-refractivity contribution is 7.51. The highest BCUT2D eigenvalue weighted by atomic mass is 31.2. The van der Waals surface area contributed by atoms with Crippen LogP contribution < -0.4 is 5.32 Å². The van der Waals surface area contributed by atoms with E-state index in [9.17, 15) is 4.57 Å². The number of hydrogen-bond acceptors (Lipinski definition) is 2. The zero-order valence-electron chi connectivity index (χ0n) is 8.26. The molecule has 1 aromatic rings. The van der Waals surface area contributed by atoms with E-state index >= 15 is 0 Å². The minimum atomic E-state index is -3.95. The van der Waals surface area contributed by atoms with Crippen LogP contribution in [0.15, 0.2) is 30.8 Å². The summed E-state index contributed by atoms with van der Waals surface area (Å²) in [5.41, 5.74) is 2.00. The maximum Gasteiger partial charge on any atom is 0.339 e. The molecule has 0 fully saturated rings. The molecule has 0 saturated heterocycles. The smallest absolute Gasteiger partial charge is 0.324 e. The fourth-order valence-corrected chi connectivity index (χ4v) is 1.52. The maximum atomic E-state index is 10.5. The Morgan fingerprint density at radius 2 is 1.93 bits per heavy atom. The minimum absolute atomic E-state index is 0.295. The van der Waals surface area contributed by atoms with Crippen molar-refractivity contribution in [2.45, 2.75) is 6.54 Å². The maximum absolute atomic E-state index is 10.5. The van der Waals surface area contributed by atoms with E-state index in [1.165, 1.54) is 0 Å². The van der Waals surface area contributed by atoms with Crippen molar-refractivity contribution >= 4 is 13.7 Å². The molecule has 0 bridgehead atoms. The molecule has 0 radical (unpaired) electrons. The summed E-state index contributed by atoms with van der Waals surface area (Å²) in [5.74, 6) is 0. The first-order valence-corrected chi connectivity index (χ1v) is 6.28. The summed E-state index contributed by atoms with van der Waals surface area (Å²) in [5, 5.41) is 2.69. The van der Waals surface area contributed by atoms with Crippen LogP contribution in [0.1, 0.15) is 11.1 Å².